The van der Waals surface area contributed by atoms with Crippen LogP contribution in [-0.2, 0) is 16.1 Å². The number of thioether (sulfide) groups is 1. The van der Waals surface area contributed by atoms with Gasteiger partial charge in [-0.15, -0.1) is 11.8 Å². The normalized spacial score (nSPS) is 12.8. The van der Waals surface area contributed by atoms with E-state index < -0.39 is 6.04 Å². The Morgan fingerprint density at radius 2 is 1.61 bits per heavy atom. The quantitative estimate of drug-likeness (QED) is 0.600. The van der Waals surface area contributed by atoms with Gasteiger partial charge in [-0.2, -0.15) is 0 Å². The molecule has 0 fully saturated rings. The predicted octanol–water partition coefficient (Wildman–Crippen LogP) is 4.50. The van der Waals surface area contributed by atoms with Crippen LogP contribution in [0.5, 0.6) is 0 Å². The zero-order valence-electron chi connectivity index (χ0n) is 16.9. The summed E-state index contributed by atoms with van der Waals surface area (Å²) in [7, 11) is 0. The van der Waals surface area contributed by atoms with E-state index in [9.17, 15) is 9.59 Å². The molecule has 0 aromatic heterocycles. The second-order valence-electron chi connectivity index (χ2n) is 6.91. The Labute approximate surface area is 172 Å². The summed E-state index contributed by atoms with van der Waals surface area (Å²) in [4.78, 5) is 28.4. The monoisotopic (exact) mass is 398 g/mol. The van der Waals surface area contributed by atoms with E-state index in [1.807, 2.05) is 81.4 Å². The molecule has 2 amide bonds. The molecule has 0 heterocycles. The lowest BCUT2D eigenvalue weighted by molar-refractivity contribution is -0.140. The van der Waals surface area contributed by atoms with Gasteiger partial charge in [-0.3, -0.25) is 9.59 Å². The van der Waals surface area contributed by atoms with Crippen molar-refractivity contribution in [1.29, 1.82) is 0 Å². The van der Waals surface area contributed by atoms with Crippen molar-refractivity contribution < 1.29 is 9.59 Å². The van der Waals surface area contributed by atoms with Gasteiger partial charge in [0, 0.05) is 29.7 Å². The van der Waals surface area contributed by atoms with Gasteiger partial charge < -0.3 is 10.2 Å². The molecule has 2 aromatic rings. The van der Waals surface area contributed by atoms with Gasteiger partial charge in [0.15, 0.2) is 0 Å². The molecule has 2 atom stereocenters. The van der Waals surface area contributed by atoms with E-state index >= 15 is 0 Å². The van der Waals surface area contributed by atoms with Crippen LogP contribution in [0.1, 0.15) is 39.2 Å². The van der Waals surface area contributed by atoms with Crippen LogP contribution in [0, 0.1) is 0 Å². The maximum absolute atomic E-state index is 13.0. The van der Waals surface area contributed by atoms with Crippen molar-refractivity contribution in [3.8, 4) is 0 Å². The summed E-state index contributed by atoms with van der Waals surface area (Å²) in [5.74, 6) is 0.585. The van der Waals surface area contributed by atoms with Crippen molar-refractivity contribution in [2.45, 2.75) is 57.1 Å². The van der Waals surface area contributed by atoms with E-state index in [1.165, 1.54) is 0 Å². The van der Waals surface area contributed by atoms with Crippen molar-refractivity contribution in [1.82, 2.24) is 10.2 Å². The van der Waals surface area contributed by atoms with Gasteiger partial charge in [0.05, 0.1) is 0 Å². The Balaban J connectivity index is 2.03. The first-order valence-corrected chi connectivity index (χ1v) is 10.8. The molecule has 0 aliphatic rings. The number of amides is 2. The lowest BCUT2D eigenvalue weighted by Crippen LogP contribution is -2.49. The summed E-state index contributed by atoms with van der Waals surface area (Å²) in [6, 6.07) is 19.5. The van der Waals surface area contributed by atoms with E-state index in [0.29, 0.717) is 18.7 Å². The van der Waals surface area contributed by atoms with Crippen molar-refractivity contribution in [2.24, 2.45) is 0 Å². The van der Waals surface area contributed by atoms with E-state index in [0.717, 1.165) is 16.9 Å². The topological polar surface area (TPSA) is 49.4 Å². The SMILES string of the molecule is CC[C@H](C)NC(=O)[C@@H](C)N(Cc1ccccc1)C(=O)CCSc1ccccc1. The van der Waals surface area contributed by atoms with E-state index in [2.05, 4.69) is 5.32 Å². The standard InChI is InChI=1S/C23H30N2O2S/c1-4-18(2)24-23(27)19(3)25(17-20-11-7-5-8-12-20)22(26)15-16-28-21-13-9-6-10-14-21/h5-14,18-19H,4,15-17H2,1-3H3,(H,24,27)/t18-,19+/m0/s1. The van der Waals surface area contributed by atoms with Crippen molar-refractivity contribution in [3.05, 3.63) is 66.2 Å². The second kappa shape index (κ2) is 11.5. The highest BCUT2D eigenvalue weighted by Crippen LogP contribution is 2.19. The maximum Gasteiger partial charge on any atom is 0.242 e. The molecule has 4 nitrogen and oxygen atoms in total. The first kappa shape index (κ1) is 22.0. The molecule has 0 saturated carbocycles. The fraction of sp³-hybridized carbons (Fsp3) is 0.391. The number of rotatable bonds is 10. The van der Waals surface area contributed by atoms with Crippen LogP contribution >= 0.6 is 11.8 Å². The van der Waals surface area contributed by atoms with Crippen LogP contribution in [0.15, 0.2) is 65.6 Å². The molecule has 2 rings (SSSR count). The Morgan fingerprint density at radius 1 is 1.00 bits per heavy atom. The van der Waals surface area contributed by atoms with Gasteiger partial charge in [-0.05, 0) is 38.0 Å². The molecule has 5 heteroatoms. The van der Waals surface area contributed by atoms with Crippen LogP contribution in [0.3, 0.4) is 0 Å². The summed E-state index contributed by atoms with van der Waals surface area (Å²) in [6.45, 7) is 6.25. The van der Waals surface area contributed by atoms with Crippen LogP contribution in [-0.4, -0.2) is 34.6 Å². The van der Waals surface area contributed by atoms with Crippen molar-refractivity contribution in [2.75, 3.05) is 5.75 Å². The fourth-order valence-electron chi connectivity index (χ4n) is 2.74. The lowest BCUT2D eigenvalue weighted by atomic mass is 10.1. The van der Waals surface area contributed by atoms with Gasteiger partial charge in [-0.1, -0.05) is 55.5 Å². The predicted molar refractivity (Wildman–Crippen MR) is 116 cm³/mol. The Bertz CT molecular complexity index is 737. The van der Waals surface area contributed by atoms with Crippen LogP contribution < -0.4 is 5.32 Å². The maximum atomic E-state index is 13.0. The van der Waals surface area contributed by atoms with Crippen LogP contribution in [0.2, 0.25) is 0 Å². The molecule has 150 valence electrons. The molecule has 0 radical (unpaired) electrons. The molecular weight excluding hydrogens is 368 g/mol. The van der Waals surface area contributed by atoms with Gasteiger partial charge in [0.25, 0.3) is 0 Å². The van der Waals surface area contributed by atoms with E-state index in [4.69, 9.17) is 0 Å². The first-order chi connectivity index (χ1) is 13.5. The number of carbonyl (C=O) groups excluding carboxylic acids is 2. The molecule has 0 bridgehead atoms. The highest BCUT2D eigenvalue weighted by molar-refractivity contribution is 7.99. The summed E-state index contributed by atoms with van der Waals surface area (Å²) < 4.78 is 0. The van der Waals surface area contributed by atoms with Crippen LogP contribution in [0.4, 0.5) is 0 Å². The highest BCUT2D eigenvalue weighted by Gasteiger charge is 2.26. The summed E-state index contributed by atoms with van der Waals surface area (Å²) in [5, 5.41) is 2.99. The number of nitrogens with one attached hydrogen (secondary N) is 1. The Kier molecular flexibility index (Phi) is 9.08. The summed E-state index contributed by atoms with van der Waals surface area (Å²) in [6.07, 6.45) is 1.26. The first-order valence-electron chi connectivity index (χ1n) is 9.82. The largest absolute Gasteiger partial charge is 0.352 e. The van der Waals surface area contributed by atoms with Crippen LogP contribution in [0.25, 0.3) is 0 Å². The van der Waals surface area contributed by atoms with Gasteiger partial charge in [0.2, 0.25) is 11.8 Å². The average molecular weight is 399 g/mol. The molecule has 0 aliphatic carbocycles. The lowest BCUT2D eigenvalue weighted by Gasteiger charge is -2.29. The van der Waals surface area contributed by atoms with E-state index in [-0.39, 0.29) is 17.9 Å². The third-order valence-corrected chi connectivity index (χ3v) is 5.71. The minimum Gasteiger partial charge on any atom is -0.352 e. The Hall–Kier alpha value is -2.27. The fourth-order valence-corrected chi connectivity index (χ4v) is 3.61. The number of benzene rings is 2. The zero-order valence-corrected chi connectivity index (χ0v) is 17.7. The molecule has 2 aromatic carbocycles. The third-order valence-electron chi connectivity index (χ3n) is 4.69. The summed E-state index contributed by atoms with van der Waals surface area (Å²) >= 11 is 1.66. The third kappa shape index (κ3) is 7.04. The van der Waals surface area contributed by atoms with Crippen molar-refractivity contribution >= 4 is 23.6 Å². The molecular formula is C23H30N2O2S. The molecule has 0 aliphatic heterocycles. The minimum absolute atomic E-state index is 0.000847. The highest BCUT2D eigenvalue weighted by atomic mass is 32.2. The molecule has 0 spiro atoms. The van der Waals surface area contributed by atoms with Gasteiger partial charge >= 0.3 is 0 Å². The van der Waals surface area contributed by atoms with Crippen molar-refractivity contribution in [3.63, 3.8) is 0 Å². The second-order valence-corrected chi connectivity index (χ2v) is 8.08. The average Bonchev–Trinajstić information content (AvgIpc) is 2.72. The molecule has 1 N–H and O–H groups in total. The van der Waals surface area contributed by atoms with Gasteiger partial charge in [-0.25, -0.2) is 0 Å². The molecule has 0 unspecified atom stereocenters. The smallest absolute Gasteiger partial charge is 0.242 e. The number of hydrogen-bond donors (Lipinski definition) is 1. The Morgan fingerprint density at radius 3 is 2.21 bits per heavy atom. The summed E-state index contributed by atoms with van der Waals surface area (Å²) in [5.41, 5.74) is 1.02. The number of carbonyl (C=O) groups is 2. The zero-order chi connectivity index (χ0) is 20.4. The number of nitrogens with zero attached hydrogens (tertiary/aromatic N) is 1. The minimum atomic E-state index is -0.511. The number of hydrogen-bond acceptors (Lipinski definition) is 3. The molecule has 0 saturated heterocycles. The molecule has 28 heavy (non-hydrogen) atoms. The van der Waals surface area contributed by atoms with E-state index in [1.54, 1.807) is 16.7 Å². The van der Waals surface area contributed by atoms with Gasteiger partial charge in [0.1, 0.15) is 6.04 Å².